The Balaban J connectivity index is 1.92. The van der Waals surface area contributed by atoms with Crippen LogP contribution < -0.4 is 10.6 Å². The summed E-state index contributed by atoms with van der Waals surface area (Å²) < 4.78 is 38.9. The van der Waals surface area contributed by atoms with Crippen LogP contribution in [0.1, 0.15) is 12.5 Å². The van der Waals surface area contributed by atoms with Crippen molar-refractivity contribution in [3.63, 3.8) is 0 Å². The molecule has 1 aliphatic heterocycles. The molecule has 1 fully saturated rings. The van der Waals surface area contributed by atoms with Gasteiger partial charge in [-0.2, -0.15) is 13.2 Å². The second-order valence-corrected chi connectivity index (χ2v) is 6.36. The molecule has 0 bridgehead atoms. The van der Waals surface area contributed by atoms with Crippen LogP contribution in [0.4, 0.5) is 18.9 Å². The molecule has 2 N–H and O–H groups in total. The number of hydrogen-bond acceptors (Lipinski definition) is 4. The minimum atomic E-state index is -4.57. The summed E-state index contributed by atoms with van der Waals surface area (Å²) in [4.78, 5) is 27.6. The van der Waals surface area contributed by atoms with E-state index in [1.807, 2.05) is 11.8 Å². The minimum absolute atomic E-state index is 0.172. The standard InChI is InChI=1S/C17H23F3N4O2/c1-12-9-21-7-8-24(12)11-16(26)23(2)10-15(25)22-14-6-4-3-5-13(14)17(18,19)20/h3-6,12,21H,7-11H2,1-2H3,(H,22,25)/t12-/m1/s1. The van der Waals surface area contributed by atoms with Gasteiger partial charge in [-0.25, -0.2) is 0 Å². The molecule has 9 heteroatoms. The summed E-state index contributed by atoms with van der Waals surface area (Å²) in [5.74, 6) is -0.927. The van der Waals surface area contributed by atoms with Gasteiger partial charge in [-0.1, -0.05) is 12.1 Å². The number of rotatable bonds is 5. The van der Waals surface area contributed by atoms with Crippen LogP contribution in [0.5, 0.6) is 0 Å². The summed E-state index contributed by atoms with van der Waals surface area (Å²) >= 11 is 0. The number of halogens is 3. The lowest BCUT2D eigenvalue weighted by Gasteiger charge is -2.34. The van der Waals surface area contributed by atoms with Crippen molar-refractivity contribution in [2.24, 2.45) is 0 Å². The highest BCUT2D eigenvalue weighted by Crippen LogP contribution is 2.34. The highest BCUT2D eigenvalue weighted by Gasteiger charge is 2.33. The van der Waals surface area contributed by atoms with Gasteiger partial charge in [-0.3, -0.25) is 14.5 Å². The zero-order valence-corrected chi connectivity index (χ0v) is 14.8. The van der Waals surface area contributed by atoms with Crippen molar-refractivity contribution in [2.75, 3.05) is 45.1 Å². The second-order valence-electron chi connectivity index (χ2n) is 6.36. The summed E-state index contributed by atoms with van der Waals surface area (Å²) in [6.07, 6.45) is -4.57. The molecule has 0 saturated carbocycles. The van der Waals surface area contributed by atoms with Gasteiger partial charge in [0.05, 0.1) is 24.3 Å². The van der Waals surface area contributed by atoms with Gasteiger partial charge in [0.15, 0.2) is 0 Å². The Morgan fingerprint density at radius 3 is 2.69 bits per heavy atom. The van der Waals surface area contributed by atoms with Crippen LogP contribution in [0.2, 0.25) is 0 Å². The first kappa shape index (κ1) is 20.2. The summed E-state index contributed by atoms with van der Waals surface area (Å²) in [5, 5.41) is 5.46. The molecule has 0 aliphatic carbocycles. The number of carbonyl (C=O) groups excluding carboxylic acids is 2. The molecule has 144 valence electrons. The van der Waals surface area contributed by atoms with Crippen molar-refractivity contribution >= 4 is 17.5 Å². The van der Waals surface area contributed by atoms with Gasteiger partial charge >= 0.3 is 6.18 Å². The number of para-hydroxylation sites is 1. The lowest BCUT2D eigenvalue weighted by molar-refractivity contribution is -0.137. The van der Waals surface area contributed by atoms with Gasteiger partial charge in [0.2, 0.25) is 11.8 Å². The molecule has 0 unspecified atom stereocenters. The Hall–Kier alpha value is -2.13. The fourth-order valence-corrected chi connectivity index (χ4v) is 2.75. The highest BCUT2D eigenvalue weighted by atomic mass is 19.4. The average Bonchev–Trinajstić information content (AvgIpc) is 2.56. The number of benzene rings is 1. The monoisotopic (exact) mass is 372 g/mol. The van der Waals surface area contributed by atoms with Crippen LogP contribution in [0, 0.1) is 0 Å². The van der Waals surface area contributed by atoms with Crippen LogP contribution in [0.25, 0.3) is 0 Å². The molecule has 6 nitrogen and oxygen atoms in total. The molecular formula is C17H23F3N4O2. The molecule has 1 heterocycles. The molecule has 2 rings (SSSR count). The van der Waals surface area contributed by atoms with Crippen LogP contribution >= 0.6 is 0 Å². The van der Waals surface area contributed by atoms with E-state index in [-0.39, 0.29) is 30.7 Å². The molecule has 1 atom stereocenters. The average molecular weight is 372 g/mol. The number of hydrogen-bond donors (Lipinski definition) is 2. The van der Waals surface area contributed by atoms with E-state index < -0.39 is 17.6 Å². The summed E-state index contributed by atoms with van der Waals surface area (Å²) in [6.45, 7) is 4.16. The van der Waals surface area contributed by atoms with Gasteiger partial charge in [0.1, 0.15) is 0 Å². The van der Waals surface area contributed by atoms with E-state index in [1.165, 1.54) is 30.1 Å². The van der Waals surface area contributed by atoms with Crippen molar-refractivity contribution in [3.8, 4) is 0 Å². The SMILES string of the molecule is C[C@@H]1CNCCN1CC(=O)N(C)CC(=O)Nc1ccccc1C(F)(F)F. The Labute approximate surface area is 150 Å². The van der Waals surface area contributed by atoms with Gasteiger partial charge < -0.3 is 15.5 Å². The summed E-state index contributed by atoms with van der Waals surface area (Å²) in [7, 11) is 1.46. The number of nitrogens with zero attached hydrogens (tertiary/aromatic N) is 2. The second kappa shape index (κ2) is 8.50. The molecular weight excluding hydrogens is 349 g/mol. The van der Waals surface area contributed by atoms with Gasteiger partial charge in [0.25, 0.3) is 0 Å². The minimum Gasteiger partial charge on any atom is -0.335 e. The van der Waals surface area contributed by atoms with Crippen molar-refractivity contribution in [1.82, 2.24) is 15.1 Å². The lowest BCUT2D eigenvalue weighted by Crippen LogP contribution is -2.53. The Kier molecular flexibility index (Phi) is 6.60. The van der Waals surface area contributed by atoms with Gasteiger partial charge in [0, 0.05) is 32.7 Å². The van der Waals surface area contributed by atoms with Gasteiger partial charge in [-0.05, 0) is 19.1 Å². The molecule has 1 aromatic carbocycles. The number of nitrogens with one attached hydrogen (secondary N) is 2. The molecule has 1 aromatic rings. The Morgan fingerprint density at radius 1 is 1.35 bits per heavy atom. The fraction of sp³-hybridized carbons (Fsp3) is 0.529. The maximum absolute atomic E-state index is 13.0. The highest BCUT2D eigenvalue weighted by molar-refractivity contribution is 5.95. The van der Waals surface area contributed by atoms with Crippen molar-refractivity contribution < 1.29 is 22.8 Å². The predicted octanol–water partition coefficient (Wildman–Crippen LogP) is 1.40. The topological polar surface area (TPSA) is 64.7 Å². The maximum atomic E-state index is 13.0. The first-order chi connectivity index (χ1) is 12.2. The zero-order chi connectivity index (χ0) is 19.3. The number of likely N-dealkylation sites (N-methyl/N-ethyl adjacent to an activating group) is 1. The predicted molar refractivity (Wildman–Crippen MR) is 91.6 cm³/mol. The number of piperazine rings is 1. The lowest BCUT2D eigenvalue weighted by atomic mass is 10.1. The third-order valence-corrected chi connectivity index (χ3v) is 4.29. The first-order valence-electron chi connectivity index (χ1n) is 8.33. The third-order valence-electron chi connectivity index (χ3n) is 4.29. The number of carbonyl (C=O) groups is 2. The van der Waals surface area contributed by atoms with Crippen molar-refractivity contribution in [2.45, 2.75) is 19.1 Å². The fourth-order valence-electron chi connectivity index (χ4n) is 2.75. The summed E-state index contributed by atoms with van der Waals surface area (Å²) in [5.41, 5.74) is -1.24. The van der Waals surface area contributed by atoms with Crippen LogP contribution in [-0.2, 0) is 15.8 Å². The van der Waals surface area contributed by atoms with E-state index in [9.17, 15) is 22.8 Å². The van der Waals surface area contributed by atoms with E-state index >= 15 is 0 Å². The van der Waals surface area contributed by atoms with Crippen molar-refractivity contribution in [3.05, 3.63) is 29.8 Å². The van der Waals surface area contributed by atoms with Crippen LogP contribution in [0.3, 0.4) is 0 Å². The normalized spacial score (nSPS) is 18.4. The van der Waals surface area contributed by atoms with Crippen LogP contribution in [-0.4, -0.2) is 67.4 Å². The molecule has 2 amide bonds. The molecule has 26 heavy (non-hydrogen) atoms. The number of alkyl halides is 3. The van der Waals surface area contributed by atoms with E-state index in [0.29, 0.717) is 0 Å². The molecule has 0 spiro atoms. The maximum Gasteiger partial charge on any atom is 0.418 e. The van der Waals surface area contributed by atoms with Crippen molar-refractivity contribution in [1.29, 1.82) is 0 Å². The first-order valence-corrected chi connectivity index (χ1v) is 8.33. The van der Waals surface area contributed by atoms with Gasteiger partial charge in [-0.15, -0.1) is 0 Å². The van der Waals surface area contributed by atoms with E-state index in [1.54, 1.807) is 0 Å². The van der Waals surface area contributed by atoms with E-state index in [2.05, 4.69) is 10.6 Å². The quantitative estimate of drug-likeness (QED) is 0.820. The molecule has 0 aromatic heterocycles. The Morgan fingerprint density at radius 2 is 2.04 bits per heavy atom. The Bertz CT molecular complexity index is 651. The van der Waals surface area contributed by atoms with Crippen LogP contribution in [0.15, 0.2) is 24.3 Å². The zero-order valence-electron chi connectivity index (χ0n) is 14.8. The summed E-state index contributed by atoms with van der Waals surface area (Å²) in [6, 6.07) is 4.95. The van der Waals surface area contributed by atoms with E-state index in [0.717, 1.165) is 25.7 Å². The molecule has 1 saturated heterocycles. The smallest absolute Gasteiger partial charge is 0.335 e. The number of amides is 2. The third kappa shape index (κ3) is 5.43. The number of anilines is 1. The van der Waals surface area contributed by atoms with E-state index in [4.69, 9.17) is 0 Å². The molecule has 1 aliphatic rings. The molecule has 0 radical (unpaired) electrons. The largest absolute Gasteiger partial charge is 0.418 e.